The number of methoxy groups -OCH3 is 2. The monoisotopic (exact) mass is 739 g/mol. The summed E-state index contributed by atoms with van der Waals surface area (Å²) < 4.78 is 107. The Morgan fingerprint density at radius 3 is 2.16 bits per heavy atom. The van der Waals surface area contributed by atoms with Crippen LogP contribution in [0.15, 0.2) is 48.5 Å². The zero-order valence-corrected chi connectivity index (χ0v) is 28.3. The molecule has 2 N–H and O–H groups in total. The van der Waals surface area contributed by atoms with Crippen LogP contribution in [0.25, 0.3) is 0 Å². The molecule has 0 radical (unpaired) electrons. The van der Waals surface area contributed by atoms with Crippen molar-refractivity contribution in [2.75, 3.05) is 27.4 Å². The number of benzene rings is 2. The number of likely N-dealkylation sites (tertiary alicyclic amines) is 1. The summed E-state index contributed by atoms with van der Waals surface area (Å²) in [6, 6.07) is 4.39. The van der Waals surface area contributed by atoms with Gasteiger partial charge in [0, 0.05) is 24.2 Å². The Labute approximate surface area is 284 Å². The predicted octanol–water partition coefficient (Wildman–Crippen LogP) is 3.43. The number of halogens is 6. The highest BCUT2D eigenvalue weighted by Crippen LogP contribution is 2.32. The van der Waals surface area contributed by atoms with Gasteiger partial charge in [0.15, 0.2) is 9.84 Å². The second kappa shape index (κ2) is 15.8. The number of hydrogen-bond acceptors (Lipinski definition) is 8. The van der Waals surface area contributed by atoms with E-state index in [0.717, 1.165) is 19.2 Å². The summed E-state index contributed by atoms with van der Waals surface area (Å²) in [6.45, 7) is 1.05. The van der Waals surface area contributed by atoms with Crippen LogP contribution < -0.4 is 15.4 Å². The number of carbonyl (C=O) groups is 4. The van der Waals surface area contributed by atoms with Crippen molar-refractivity contribution in [3.05, 3.63) is 64.7 Å². The van der Waals surface area contributed by atoms with Crippen molar-refractivity contribution in [1.29, 1.82) is 0 Å². The predicted molar refractivity (Wildman–Crippen MR) is 167 cm³/mol. The number of Topliss-reactive ketones (excluding diaryl/α,β-unsaturated/α-hetero) is 1. The SMILES string of the molecule is COC[C@H](NC(=O)C(F)(F)c1cccc(Cl)c1)C(=O)N1C[C@H](S(=O)(=O)Cc2ccc(OC)cc2)C[C@H]1C(=O)NC(C(=O)C(F)(F)F)C(C)C. The van der Waals surface area contributed by atoms with Crippen molar-refractivity contribution in [2.45, 2.75) is 61.5 Å². The molecule has 0 aromatic heterocycles. The molecule has 2 aromatic carbocycles. The zero-order valence-electron chi connectivity index (χ0n) is 26.7. The molecule has 4 atom stereocenters. The van der Waals surface area contributed by atoms with Crippen LogP contribution in [-0.4, -0.2) is 93.7 Å². The first-order chi connectivity index (χ1) is 22.7. The molecule has 1 fully saturated rings. The van der Waals surface area contributed by atoms with Gasteiger partial charge in [-0.1, -0.05) is 49.7 Å². The Hall–Kier alpha value is -3.83. The van der Waals surface area contributed by atoms with E-state index >= 15 is 8.78 Å². The molecule has 1 saturated heterocycles. The van der Waals surface area contributed by atoms with Gasteiger partial charge in [-0.3, -0.25) is 19.2 Å². The van der Waals surface area contributed by atoms with Gasteiger partial charge in [0.05, 0.1) is 30.8 Å². The average Bonchev–Trinajstić information content (AvgIpc) is 3.49. The van der Waals surface area contributed by atoms with Crippen LogP contribution in [0.2, 0.25) is 5.02 Å². The first-order valence-electron chi connectivity index (χ1n) is 14.7. The minimum Gasteiger partial charge on any atom is -0.497 e. The number of amides is 3. The van der Waals surface area contributed by atoms with Crippen LogP contribution in [0, 0.1) is 5.92 Å². The van der Waals surface area contributed by atoms with Crippen LogP contribution >= 0.6 is 11.6 Å². The van der Waals surface area contributed by atoms with E-state index in [1.165, 1.54) is 57.4 Å². The number of ether oxygens (including phenoxy) is 2. The van der Waals surface area contributed by atoms with Gasteiger partial charge in [0.2, 0.25) is 11.8 Å². The number of sulfone groups is 1. The van der Waals surface area contributed by atoms with Crippen molar-refractivity contribution >= 4 is 44.9 Å². The summed E-state index contributed by atoms with van der Waals surface area (Å²) in [6.07, 6.45) is -5.95. The molecule has 0 spiro atoms. The maximum absolute atomic E-state index is 15.1. The molecular weight excluding hydrogens is 705 g/mol. The Balaban J connectivity index is 1.97. The molecule has 1 unspecified atom stereocenters. The van der Waals surface area contributed by atoms with E-state index in [-0.39, 0.29) is 5.02 Å². The highest BCUT2D eigenvalue weighted by molar-refractivity contribution is 7.91. The largest absolute Gasteiger partial charge is 0.497 e. The fourth-order valence-corrected chi connectivity index (χ4v) is 7.13. The number of ketones is 1. The fraction of sp³-hybridized carbons (Fsp3) is 0.484. The Morgan fingerprint density at radius 1 is 1.00 bits per heavy atom. The second-order valence-corrected chi connectivity index (χ2v) is 14.4. The summed E-state index contributed by atoms with van der Waals surface area (Å²) in [5.74, 6) is -12.2. The van der Waals surface area contributed by atoms with Gasteiger partial charge >= 0.3 is 12.1 Å². The summed E-state index contributed by atoms with van der Waals surface area (Å²) in [5.41, 5.74) is -0.492. The van der Waals surface area contributed by atoms with Crippen molar-refractivity contribution in [2.24, 2.45) is 5.92 Å². The van der Waals surface area contributed by atoms with Crippen molar-refractivity contribution < 1.29 is 59.0 Å². The lowest BCUT2D eigenvalue weighted by Crippen LogP contribution is -2.58. The molecule has 0 bridgehead atoms. The maximum Gasteiger partial charge on any atom is 0.452 e. The van der Waals surface area contributed by atoms with Crippen LogP contribution in [0.1, 0.15) is 31.4 Å². The van der Waals surface area contributed by atoms with Crippen molar-refractivity contribution in [1.82, 2.24) is 15.5 Å². The van der Waals surface area contributed by atoms with Gasteiger partial charge in [-0.15, -0.1) is 0 Å². The highest BCUT2D eigenvalue weighted by atomic mass is 35.5. The average molecular weight is 740 g/mol. The van der Waals surface area contributed by atoms with E-state index in [9.17, 15) is 40.8 Å². The van der Waals surface area contributed by atoms with Crippen molar-refractivity contribution in [3.8, 4) is 5.75 Å². The lowest BCUT2D eigenvalue weighted by Gasteiger charge is -2.30. The van der Waals surface area contributed by atoms with E-state index in [0.29, 0.717) is 16.2 Å². The highest BCUT2D eigenvalue weighted by Gasteiger charge is 2.50. The van der Waals surface area contributed by atoms with Crippen LogP contribution in [0.4, 0.5) is 22.0 Å². The molecular formula is C31H35ClF5N3O8S. The quantitative estimate of drug-likeness (QED) is 0.280. The third-order valence-electron chi connectivity index (χ3n) is 7.82. The Morgan fingerprint density at radius 2 is 1.63 bits per heavy atom. The molecule has 1 heterocycles. The van der Waals surface area contributed by atoms with E-state index in [2.05, 4.69) is 0 Å². The molecule has 0 aliphatic carbocycles. The van der Waals surface area contributed by atoms with Crippen LogP contribution in [0.5, 0.6) is 5.75 Å². The molecule has 49 heavy (non-hydrogen) atoms. The molecule has 3 amide bonds. The van der Waals surface area contributed by atoms with Gasteiger partial charge in [0.1, 0.15) is 17.8 Å². The number of alkyl halides is 5. The lowest BCUT2D eigenvalue weighted by molar-refractivity contribution is -0.175. The van der Waals surface area contributed by atoms with E-state index in [1.54, 1.807) is 0 Å². The Kier molecular flexibility index (Phi) is 12.8. The first-order valence-corrected chi connectivity index (χ1v) is 16.8. The Bertz CT molecular complexity index is 1640. The fourth-order valence-electron chi connectivity index (χ4n) is 5.19. The lowest BCUT2D eigenvalue weighted by atomic mass is 9.98. The number of rotatable bonds is 14. The van der Waals surface area contributed by atoms with Gasteiger partial charge in [0.25, 0.3) is 11.7 Å². The van der Waals surface area contributed by atoms with Crippen molar-refractivity contribution in [3.63, 3.8) is 0 Å². The van der Waals surface area contributed by atoms with Gasteiger partial charge in [-0.05, 0) is 42.2 Å². The third-order valence-corrected chi connectivity index (χ3v) is 10.1. The normalized spacial score (nSPS) is 18.1. The van der Waals surface area contributed by atoms with E-state index < -0.39 is 106 Å². The van der Waals surface area contributed by atoms with Crippen LogP contribution in [0.3, 0.4) is 0 Å². The minimum atomic E-state index is -5.33. The molecule has 3 rings (SSSR count). The molecule has 1 aliphatic rings. The smallest absolute Gasteiger partial charge is 0.452 e. The zero-order chi connectivity index (χ0) is 36.9. The van der Waals surface area contributed by atoms with Crippen LogP contribution in [-0.2, 0) is 45.4 Å². The van der Waals surface area contributed by atoms with Gasteiger partial charge in [-0.25, -0.2) is 8.42 Å². The number of nitrogens with one attached hydrogen (secondary N) is 2. The second-order valence-electron chi connectivity index (χ2n) is 11.7. The standard InChI is InChI=1S/C31H35ClF5N3O8S/c1-17(2)25(26(41)31(35,36)37)39-27(42)24-13-22(49(45,46)16-18-8-10-21(48-4)11-9-18)14-40(24)28(43)23(15-47-3)38-29(44)30(33,34)19-6-5-7-20(32)12-19/h5-12,17,22-25H,13-16H2,1-4H3,(H,38,44)(H,39,42)/t22-,23+,24+,25?/m1/s1. The molecule has 2 aromatic rings. The summed E-state index contributed by atoms with van der Waals surface area (Å²) in [4.78, 5) is 52.9. The van der Waals surface area contributed by atoms with Gasteiger partial charge in [-0.2, -0.15) is 22.0 Å². The molecule has 270 valence electrons. The molecule has 0 saturated carbocycles. The number of nitrogens with zero attached hydrogens (tertiary/aromatic N) is 1. The third kappa shape index (κ3) is 9.66. The number of carbonyl (C=O) groups excluding carboxylic acids is 4. The maximum atomic E-state index is 15.1. The summed E-state index contributed by atoms with van der Waals surface area (Å²) in [5, 5.41) is 2.29. The molecule has 11 nitrogen and oxygen atoms in total. The topological polar surface area (TPSA) is 148 Å². The number of hydrogen-bond donors (Lipinski definition) is 2. The minimum absolute atomic E-state index is 0.106. The molecule has 18 heteroatoms. The van der Waals surface area contributed by atoms with E-state index in [4.69, 9.17) is 21.1 Å². The molecule has 1 aliphatic heterocycles. The van der Waals surface area contributed by atoms with E-state index in [1.807, 2.05) is 10.6 Å². The first kappa shape index (κ1) is 39.6. The summed E-state index contributed by atoms with van der Waals surface area (Å²) in [7, 11) is -1.70. The summed E-state index contributed by atoms with van der Waals surface area (Å²) >= 11 is 5.79. The van der Waals surface area contributed by atoms with Gasteiger partial charge < -0.3 is 25.0 Å².